The van der Waals surface area contributed by atoms with E-state index in [4.69, 9.17) is 0 Å². The molecule has 1 unspecified atom stereocenters. The third-order valence-corrected chi connectivity index (χ3v) is 3.25. The molecule has 0 spiro atoms. The van der Waals surface area contributed by atoms with Crippen LogP contribution in [-0.4, -0.2) is 14.9 Å². The fraction of sp³-hybridized carbons (Fsp3) is 0.357. The zero-order valence-electron chi connectivity index (χ0n) is 11.1. The van der Waals surface area contributed by atoms with Gasteiger partial charge in [0.25, 0.3) is 0 Å². The van der Waals surface area contributed by atoms with E-state index in [1.54, 1.807) is 18.7 Å². The van der Waals surface area contributed by atoms with Crippen LogP contribution in [0, 0.1) is 25.5 Å². The van der Waals surface area contributed by atoms with Crippen molar-refractivity contribution in [3.63, 3.8) is 0 Å². The predicted molar refractivity (Wildman–Crippen MR) is 67.7 cm³/mol. The maximum absolute atomic E-state index is 13.1. The second-order valence-electron chi connectivity index (χ2n) is 4.71. The molecule has 1 aromatic heterocycles. The molecule has 1 N–H and O–H groups in total. The molecule has 2 rings (SSSR count). The molecule has 0 fully saturated rings. The van der Waals surface area contributed by atoms with Crippen LogP contribution in [-0.2, 0) is 13.5 Å². The van der Waals surface area contributed by atoms with Gasteiger partial charge in [-0.25, -0.2) is 8.78 Å². The van der Waals surface area contributed by atoms with E-state index in [0.29, 0.717) is 11.1 Å². The number of aryl methyl sites for hydroxylation is 2. The van der Waals surface area contributed by atoms with Crippen molar-refractivity contribution in [2.45, 2.75) is 26.4 Å². The topological polar surface area (TPSA) is 38.0 Å². The predicted octanol–water partition coefficient (Wildman–Crippen LogP) is 2.59. The molecular weight excluding hydrogens is 250 g/mol. The van der Waals surface area contributed by atoms with Gasteiger partial charge in [-0.1, -0.05) is 0 Å². The van der Waals surface area contributed by atoms with Crippen LogP contribution < -0.4 is 0 Å². The van der Waals surface area contributed by atoms with E-state index in [9.17, 15) is 13.9 Å². The molecule has 0 aliphatic carbocycles. The molecule has 0 bridgehead atoms. The second-order valence-corrected chi connectivity index (χ2v) is 4.71. The Bertz CT molecular complexity index is 587. The van der Waals surface area contributed by atoms with Crippen molar-refractivity contribution in [2.75, 3.05) is 0 Å². The van der Waals surface area contributed by atoms with Crippen molar-refractivity contribution >= 4 is 0 Å². The van der Waals surface area contributed by atoms with Gasteiger partial charge in [0.15, 0.2) is 0 Å². The van der Waals surface area contributed by atoms with Crippen molar-refractivity contribution in [1.29, 1.82) is 0 Å². The lowest BCUT2D eigenvalue weighted by Crippen LogP contribution is -2.05. The number of benzene rings is 1. The van der Waals surface area contributed by atoms with Gasteiger partial charge in [0, 0.05) is 30.8 Å². The van der Waals surface area contributed by atoms with E-state index < -0.39 is 17.7 Å². The number of halogens is 2. The molecule has 0 aliphatic heterocycles. The van der Waals surface area contributed by atoms with Crippen molar-refractivity contribution in [3.8, 4) is 0 Å². The first-order valence-electron chi connectivity index (χ1n) is 6.01. The maximum atomic E-state index is 13.1. The highest BCUT2D eigenvalue weighted by atomic mass is 19.1. The Labute approximate surface area is 110 Å². The van der Waals surface area contributed by atoms with Crippen LogP contribution in [0.1, 0.15) is 28.6 Å². The van der Waals surface area contributed by atoms with Crippen LogP contribution in [0.25, 0.3) is 0 Å². The molecule has 0 aliphatic rings. The summed E-state index contributed by atoms with van der Waals surface area (Å²) in [5.74, 6) is -1.27. The summed E-state index contributed by atoms with van der Waals surface area (Å²) < 4.78 is 27.9. The Morgan fingerprint density at radius 3 is 2.26 bits per heavy atom. The van der Waals surface area contributed by atoms with Crippen LogP contribution in [0.5, 0.6) is 0 Å². The Morgan fingerprint density at radius 1 is 1.21 bits per heavy atom. The molecule has 2 aromatic rings. The minimum atomic E-state index is -0.824. The third kappa shape index (κ3) is 2.81. The van der Waals surface area contributed by atoms with Crippen LogP contribution in [0.4, 0.5) is 8.78 Å². The standard InChI is InChI=1S/C14H16F2N2O/c1-8-14(9(2)18(3)17-8)13(19)6-10-4-11(15)7-12(16)5-10/h4-5,7,13,19H,6H2,1-3H3. The van der Waals surface area contributed by atoms with E-state index in [-0.39, 0.29) is 6.42 Å². The van der Waals surface area contributed by atoms with Gasteiger partial charge in [0.2, 0.25) is 0 Å². The molecule has 1 heterocycles. The lowest BCUT2D eigenvalue weighted by molar-refractivity contribution is 0.176. The first-order valence-corrected chi connectivity index (χ1v) is 6.01. The summed E-state index contributed by atoms with van der Waals surface area (Å²) in [6.45, 7) is 3.66. The van der Waals surface area contributed by atoms with Gasteiger partial charge < -0.3 is 5.11 Å². The number of hydrogen-bond acceptors (Lipinski definition) is 2. The first kappa shape index (κ1) is 13.7. The zero-order valence-corrected chi connectivity index (χ0v) is 11.1. The minimum Gasteiger partial charge on any atom is -0.388 e. The number of aliphatic hydroxyl groups is 1. The lowest BCUT2D eigenvalue weighted by Gasteiger charge is -2.12. The van der Waals surface area contributed by atoms with E-state index in [1.165, 1.54) is 12.1 Å². The number of rotatable bonds is 3. The van der Waals surface area contributed by atoms with Crippen LogP contribution in [0.2, 0.25) is 0 Å². The first-order chi connectivity index (χ1) is 8.88. The molecular formula is C14H16F2N2O. The van der Waals surface area contributed by atoms with Crippen molar-refractivity contribution in [3.05, 3.63) is 52.3 Å². The highest BCUT2D eigenvalue weighted by molar-refractivity contribution is 5.29. The summed E-state index contributed by atoms with van der Waals surface area (Å²) >= 11 is 0. The number of hydrogen-bond donors (Lipinski definition) is 1. The SMILES string of the molecule is Cc1nn(C)c(C)c1C(O)Cc1cc(F)cc(F)c1. The van der Waals surface area contributed by atoms with E-state index in [2.05, 4.69) is 5.10 Å². The molecule has 1 aromatic carbocycles. The molecule has 3 nitrogen and oxygen atoms in total. The summed E-state index contributed by atoms with van der Waals surface area (Å²) in [6, 6.07) is 3.27. The summed E-state index contributed by atoms with van der Waals surface area (Å²) in [6.07, 6.45) is -0.669. The number of nitrogens with zero attached hydrogens (tertiary/aromatic N) is 2. The van der Waals surface area contributed by atoms with E-state index in [0.717, 1.165) is 17.5 Å². The van der Waals surface area contributed by atoms with Crippen molar-refractivity contribution in [1.82, 2.24) is 9.78 Å². The third-order valence-electron chi connectivity index (χ3n) is 3.25. The molecule has 0 radical (unpaired) electrons. The van der Waals surface area contributed by atoms with E-state index >= 15 is 0 Å². The van der Waals surface area contributed by atoms with Gasteiger partial charge in [-0.2, -0.15) is 5.10 Å². The number of aromatic nitrogens is 2. The van der Waals surface area contributed by atoms with Gasteiger partial charge >= 0.3 is 0 Å². The largest absolute Gasteiger partial charge is 0.388 e. The summed E-state index contributed by atoms with van der Waals surface area (Å²) in [5, 5.41) is 14.4. The van der Waals surface area contributed by atoms with Gasteiger partial charge in [-0.05, 0) is 31.5 Å². The van der Waals surface area contributed by atoms with Crippen molar-refractivity contribution < 1.29 is 13.9 Å². The maximum Gasteiger partial charge on any atom is 0.126 e. The summed E-state index contributed by atoms with van der Waals surface area (Å²) in [4.78, 5) is 0. The fourth-order valence-electron chi connectivity index (χ4n) is 2.33. The Balaban J connectivity index is 2.27. The van der Waals surface area contributed by atoms with Gasteiger partial charge in [0.1, 0.15) is 11.6 Å². The van der Waals surface area contributed by atoms with E-state index in [1.807, 2.05) is 6.92 Å². The highest BCUT2D eigenvalue weighted by Crippen LogP contribution is 2.25. The van der Waals surface area contributed by atoms with Gasteiger partial charge in [0.05, 0.1) is 11.8 Å². The average Bonchev–Trinajstić information content (AvgIpc) is 2.51. The van der Waals surface area contributed by atoms with Gasteiger partial charge in [-0.3, -0.25) is 4.68 Å². The molecule has 5 heteroatoms. The van der Waals surface area contributed by atoms with Gasteiger partial charge in [-0.15, -0.1) is 0 Å². The second kappa shape index (κ2) is 5.09. The molecule has 0 amide bonds. The highest BCUT2D eigenvalue weighted by Gasteiger charge is 2.18. The lowest BCUT2D eigenvalue weighted by atomic mass is 10.00. The monoisotopic (exact) mass is 266 g/mol. The van der Waals surface area contributed by atoms with Crippen LogP contribution in [0.15, 0.2) is 18.2 Å². The van der Waals surface area contributed by atoms with Crippen LogP contribution in [0.3, 0.4) is 0 Å². The summed E-state index contributed by atoms with van der Waals surface area (Å²) in [5.41, 5.74) is 2.71. The Morgan fingerprint density at radius 2 is 1.79 bits per heavy atom. The van der Waals surface area contributed by atoms with Crippen LogP contribution >= 0.6 is 0 Å². The zero-order chi connectivity index (χ0) is 14.2. The Kier molecular flexibility index (Phi) is 3.66. The normalized spacial score (nSPS) is 12.7. The molecule has 1 atom stereocenters. The molecule has 102 valence electrons. The quantitative estimate of drug-likeness (QED) is 0.927. The average molecular weight is 266 g/mol. The fourth-order valence-corrected chi connectivity index (χ4v) is 2.33. The molecule has 0 saturated carbocycles. The smallest absolute Gasteiger partial charge is 0.126 e. The summed E-state index contributed by atoms with van der Waals surface area (Å²) in [7, 11) is 1.79. The number of aliphatic hydroxyl groups excluding tert-OH is 1. The Hall–Kier alpha value is -1.75. The molecule has 19 heavy (non-hydrogen) atoms. The minimum absolute atomic E-state index is 0.155. The molecule has 0 saturated heterocycles. The van der Waals surface area contributed by atoms with Crippen molar-refractivity contribution in [2.24, 2.45) is 7.05 Å².